The highest BCUT2D eigenvalue weighted by Gasteiger charge is 2.23. The maximum absolute atomic E-state index is 12.5. The van der Waals surface area contributed by atoms with Crippen molar-refractivity contribution in [3.63, 3.8) is 0 Å². The average molecular weight is 438 g/mol. The number of rotatable bonds is 7. The Balaban J connectivity index is 2.59. The Morgan fingerprint density at radius 1 is 1.00 bits per heavy atom. The Morgan fingerprint density at radius 2 is 1.48 bits per heavy atom. The van der Waals surface area contributed by atoms with Crippen LogP contribution in [0.2, 0.25) is 5.02 Å². The third kappa shape index (κ3) is 6.14. The Hall–Kier alpha value is -2.19. The van der Waals surface area contributed by atoms with E-state index in [0.717, 1.165) is 0 Å². The van der Waals surface area contributed by atoms with Gasteiger partial charge in [0.1, 0.15) is 0 Å². The van der Waals surface area contributed by atoms with Crippen LogP contribution in [0.3, 0.4) is 0 Å². The number of hydrogen-bond donors (Lipinski definition) is 3. The fraction of sp³-hybridized carbons (Fsp3) is 0.286. The molecule has 0 radical (unpaired) electrons. The Morgan fingerprint density at radius 3 is 1.90 bits per heavy atom. The van der Waals surface area contributed by atoms with Crippen molar-refractivity contribution in [2.45, 2.75) is 37.6 Å². The molecule has 0 aliphatic heterocycles. The number of halogens is 1. The maximum atomic E-state index is 12.5. The van der Waals surface area contributed by atoms with Crippen molar-refractivity contribution in [3.05, 3.63) is 70.3 Å². The molecule has 0 bridgehead atoms. The van der Waals surface area contributed by atoms with Crippen molar-refractivity contribution < 1.29 is 23.4 Å². The average Bonchev–Trinajstić information content (AvgIpc) is 2.61. The molecule has 0 aromatic heterocycles. The quantitative estimate of drug-likeness (QED) is 0.573. The molecule has 0 amide bonds. The summed E-state index contributed by atoms with van der Waals surface area (Å²) in [6.07, 6.45) is -0.0566. The lowest BCUT2D eigenvalue weighted by Gasteiger charge is -2.20. The van der Waals surface area contributed by atoms with Crippen molar-refractivity contribution in [1.82, 2.24) is 4.72 Å². The van der Waals surface area contributed by atoms with Gasteiger partial charge in [0.25, 0.3) is 0 Å². The van der Waals surface area contributed by atoms with Gasteiger partial charge in [-0.25, -0.2) is 17.9 Å². The number of carbonyl (C=O) groups is 1. The van der Waals surface area contributed by atoms with Crippen molar-refractivity contribution in [2.75, 3.05) is 6.61 Å². The first kappa shape index (κ1) is 23.1. The van der Waals surface area contributed by atoms with Gasteiger partial charge in [-0.15, -0.1) is 0 Å². The molecule has 0 spiro atoms. The number of benzene rings is 2. The van der Waals surface area contributed by atoms with Gasteiger partial charge >= 0.3 is 5.97 Å². The van der Waals surface area contributed by atoms with Crippen LogP contribution >= 0.6 is 11.6 Å². The zero-order valence-electron chi connectivity index (χ0n) is 16.4. The monoisotopic (exact) mass is 437 g/mol. The van der Waals surface area contributed by atoms with Crippen LogP contribution < -0.4 is 4.72 Å². The van der Waals surface area contributed by atoms with Gasteiger partial charge in [0.05, 0.1) is 4.90 Å². The van der Waals surface area contributed by atoms with Gasteiger partial charge < -0.3 is 10.2 Å². The molecule has 0 fully saturated rings. The largest absolute Gasteiger partial charge is 0.478 e. The lowest BCUT2D eigenvalue weighted by molar-refractivity contribution is -0.132. The second-order valence-corrected chi connectivity index (χ2v) is 9.64. The van der Waals surface area contributed by atoms with E-state index < -0.39 is 21.5 Å². The van der Waals surface area contributed by atoms with E-state index in [9.17, 15) is 23.4 Å². The van der Waals surface area contributed by atoms with Gasteiger partial charge in [-0.2, -0.15) is 0 Å². The van der Waals surface area contributed by atoms with Gasteiger partial charge in [-0.05, 0) is 61.7 Å². The van der Waals surface area contributed by atoms with Crippen molar-refractivity contribution in [1.29, 1.82) is 0 Å². The molecule has 0 atom stereocenters. The molecule has 3 N–H and O–H groups in total. The van der Waals surface area contributed by atoms with Crippen LogP contribution in [0.4, 0.5) is 0 Å². The molecule has 0 saturated carbocycles. The van der Waals surface area contributed by atoms with Gasteiger partial charge in [0.15, 0.2) is 0 Å². The van der Waals surface area contributed by atoms with Gasteiger partial charge in [0.2, 0.25) is 10.0 Å². The van der Waals surface area contributed by atoms with E-state index in [-0.39, 0.29) is 23.5 Å². The predicted molar refractivity (Wildman–Crippen MR) is 113 cm³/mol. The van der Waals surface area contributed by atoms with E-state index in [2.05, 4.69) is 4.72 Å². The Bertz CT molecular complexity index is 1000. The first-order valence-electron chi connectivity index (χ1n) is 8.92. The third-order valence-electron chi connectivity index (χ3n) is 3.95. The van der Waals surface area contributed by atoms with E-state index >= 15 is 0 Å². The highest BCUT2D eigenvalue weighted by Crippen LogP contribution is 2.30. The zero-order chi connectivity index (χ0) is 21.8. The normalized spacial score (nSPS) is 13.1. The molecule has 0 heterocycles. The van der Waals surface area contributed by atoms with E-state index in [1.54, 1.807) is 57.2 Å². The third-order valence-corrected chi connectivity index (χ3v) is 5.97. The van der Waals surface area contributed by atoms with Crippen LogP contribution in [-0.2, 0) is 14.8 Å². The van der Waals surface area contributed by atoms with Crippen LogP contribution in [0.25, 0.3) is 5.57 Å². The summed E-state index contributed by atoms with van der Waals surface area (Å²) in [5, 5.41) is 19.5. The molecule has 2 rings (SSSR count). The summed E-state index contributed by atoms with van der Waals surface area (Å²) in [5.41, 5.74) is 0.912. The molecular weight excluding hydrogens is 414 g/mol. The van der Waals surface area contributed by atoms with E-state index in [1.165, 1.54) is 12.1 Å². The van der Waals surface area contributed by atoms with Crippen molar-refractivity contribution in [3.8, 4) is 0 Å². The van der Waals surface area contributed by atoms with Crippen LogP contribution in [0.15, 0.2) is 59.0 Å². The molecular formula is C21H24ClNO5S. The molecule has 0 unspecified atom stereocenters. The fourth-order valence-electron chi connectivity index (χ4n) is 2.85. The zero-order valence-corrected chi connectivity index (χ0v) is 18.0. The molecule has 0 aliphatic rings. The number of nitrogens with one attached hydrogen (secondary N) is 1. The summed E-state index contributed by atoms with van der Waals surface area (Å²) in [6.45, 7) is 4.90. The molecule has 29 heavy (non-hydrogen) atoms. The van der Waals surface area contributed by atoms with Crippen LogP contribution in [-0.4, -0.2) is 36.7 Å². The van der Waals surface area contributed by atoms with Gasteiger partial charge in [-0.3, -0.25) is 0 Å². The number of aliphatic carboxylic acids is 1. The SMILES string of the molecule is CC(C)(C)NS(=O)(=O)c1ccc(/C(=C(\CCO)C(=O)O)c2ccc(Cl)cc2)cc1. The van der Waals surface area contributed by atoms with Crippen molar-refractivity contribution in [2.24, 2.45) is 0 Å². The lowest BCUT2D eigenvalue weighted by Crippen LogP contribution is -2.40. The first-order valence-corrected chi connectivity index (χ1v) is 10.8. The summed E-state index contributed by atoms with van der Waals surface area (Å²) >= 11 is 5.94. The summed E-state index contributed by atoms with van der Waals surface area (Å²) in [6, 6.07) is 12.6. The standard InChI is InChI=1S/C21H24ClNO5S/c1-21(2,3)23-29(27,28)17-10-6-15(7-11-17)19(18(12-13-24)20(25)26)14-4-8-16(22)9-5-14/h4-11,23-24H,12-13H2,1-3H3,(H,25,26)/b19-18+. The topological polar surface area (TPSA) is 104 Å². The number of carboxylic acids is 1. The molecule has 2 aromatic rings. The van der Waals surface area contributed by atoms with Crippen LogP contribution in [0.1, 0.15) is 38.3 Å². The predicted octanol–water partition coefficient (Wildman–Crippen LogP) is 3.69. The maximum Gasteiger partial charge on any atom is 0.332 e. The summed E-state index contributed by atoms with van der Waals surface area (Å²) < 4.78 is 27.6. The van der Waals surface area contributed by atoms with Crippen LogP contribution in [0.5, 0.6) is 0 Å². The van der Waals surface area contributed by atoms with E-state index in [1.807, 2.05) is 0 Å². The lowest BCUT2D eigenvalue weighted by atomic mass is 9.91. The molecule has 156 valence electrons. The highest BCUT2D eigenvalue weighted by atomic mass is 35.5. The number of sulfonamides is 1. The second kappa shape index (κ2) is 9.09. The minimum Gasteiger partial charge on any atom is -0.478 e. The summed E-state index contributed by atoms with van der Waals surface area (Å²) in [5.74, 6) is -1.16. The van der Waals surface area contributed by atoms with E-state index in [4.69, 9.17) is 11.6 Å². The molecule has 8 heteroatoms. The molecule has 0 aliphatic carbocycles. The number of carboxylic acid groups (broad SMARTS) is 1. The van der Waals surface area contributed by atoms with E-state index in [0.29, 0.717) is 21.7 Å². The Labute approximate surface area is 175 Å². The summed E-state index contributed by atoms with van der Waals surface area (Å²) in [4.78, 5) is 11.9. The first-order chi connectivity index (χ1) is 13.4. The fourth-order valence-corrected chi connectivity index (χ4v) is 4.39. The molecule has 6 nitrogen and oxygen atoms in total. The number of aliphatic hydroxyl groups excluding tert-OH is 1. The summed E-state index contributed by atoms with van der Waals surface area (Å²) in [7, 11) is -3.72. The minimum absolute atomic E-state index is 0.0262. The smallest absolute Gasteiger partial charge is 0.332 e. The van der Waals surface area contributed by atoms with Gasteiger partial charge in [0, 0.05) is 29.2 Å². The second-order valence-electron chi connectivity index (χ2n) is 7.52. The van der Waals surface area contributed by atoms with Gasteiger partial charge in [-0.1, -0.05) is 35.9 Å². The number of aliphatic hydroxyl groups is 1. The highest BCUT2D eigenvalue weighted by molar-refractivity contribution is 7.89. The number of hydrogen-bond acceptors (Lipinski definition) is 4. The molecule has 0 saturated heterocycles. The Kier molecular flexibility index (Phi) is 7.24. The van der Waals surface area contributed by atoms with Crippen molar-refractivity contribution >= 4 is 33.2 Å². The minimum atomic E-state index is -3.72. The van der Waals surface area contributed by atoms with Crippen LogP contribution in [0, 0.1) is 0 Å². The molecule has 2 aromatic carbocycles.